The minimum absolute atomic E-state index is 0.145. The second-order valence-electron chi connectivity index (χ2n) is 4.55. The molecule has 0 radical (unpaired) electrons. The molecule has 94 valence electrons. The van der Waals surface area contributed by atoms with Crippen LogP contribution in [0.4, 0.5) is 0 Å². The molecule has 0 saturated carbocycles. The van der Waals surface area contributed by atoms with E-state index in [0.717, 1.165) is 16.5 Å². The van der Waals surface area contributed by atoms with Crippen LogP contribution in [0, 0.1) is 6.92 Å². The third-order valence-electron chi connectivity index (χ3n) is 3.08. The first-order valence-corrected chi connectivity index (χ1v) is 6.19. The number of ether oxygens (including phenoxy) is 1. The van der Waals surface area contributed by atoms with Crippen molar-refractivity contribution in [3.63, 3.8) is 0 Å². The van der Waals surface area contributed by atoms with Crippen molar-refractivity contribution in [1.82, 2.24) is 0 Å². The minimum atomic E-state index is 0.145. The molecule has 0 amide bonds. The highest BCUT2D eigenvalue weighted by Crippen LogP contribution is 2.34. The molecule has 0 heterocycles. The number of hydrogen-bond donors (Lipinski definition) is 1. The lowest BCUT2D eigenvalue weighted by atomic mass is 10.1. The molecule has 1 N–H and O–H groups in total. The lowest BCUT2D eigenvalue weighted by Gasteiger charge is -2.10. The molecule has 0 aliphatic heterocycles. The van der Waals surface area contributed by atoms with Crippen LogP contribution in [0.3, 0.4) is 0 Å². The molecule has 0 spiro atoms. The van der Waals surface area contributed by atoms with Crippen LogP contribution in [-0.4, -0.2) is 5.11 Å². The van der Waals surface area contributed by atoms with E-state index >= 15 is 0 Å². The monoisotopic (exact) mass is 250 g/mol. The zero-order chi connectivity index (χ0) is 13.2. The molecule has 0 atom stereocenters. The molecule has 3 aromatic carbocycles. The van der Waals surface area contributed by atoms with E-state index in [4.69, 9.17) is 4.74 Å². The van der Waals surface area contributed by atoms with E-state index in [-0.39, 0.29) is 5.75 Å². The molecule has 0 unspecified atom stereocenters. The standard InChI is InChI=1S/C17H14O2/c1-12-9-10-14-13(11-12)5-4-8-16(14)19-17-7-3-2-6-15(17)18/h2-11,18H,1H3. The van der Waals surface area contributed by atoms with Gasteiger partial charge in [0.05, 0.1) is 0 Å². The van der Waals surface area contributed by atoms with Gasteiger partial charge < -0.3 is 9.84 Å². The predicted octanol–water partition coefficient (Wildman–Crippen LogP) is 4.65. The van der Waals surface area contributed by atoms with Gasteiger partial charge in [-0.1, -0.05) is 48.0 Å². The van der Waals surface area contributed by atoms with Gasteiger partial charge in [-0.2, -0.15) is 0 Å². The smallest absolute Gasteiger partial charge is 0.169 e. The lowest BCUT2D eigenvalue weighted by Crippen LogP contribution is -1.86. The molecule has 19 heavy (non-hydrogen) atoms. The number of benzene rings is 3. The highest BCUT2D eigenvalue weighted by molar-refractivity contribution is 5.89. The number of fused-ring (bicyclic) bond motifs is 1. The minimum Gasteiger partial charge on any atom is -0.504 e. The summed E-state index contributed by atoms with van der Waals surface area (Å²) in [6.45, 7) is 2.07. The van der Waals surface area contributed by atoms with Gasteiger partial charge in [-0.25, -0.2) is 0 Å². The van der Waals surface area contributed by atoms with E-state index in [9.17, 15) is 5.11 Å². The van der Waals surface area contributed by atoms with Crippen LogP contribution in [-0.2, 0) is 0 Å². The third kappa shape index (κ3) is 2.25. The first-order valence-electron chi connectivity index (χ1n) is 6.19. The molecule has 3 rings (SSSR count). The molecule has 0 bridgehead atoms. The van der Waals surface area contributed by atoms with E-state index in [0.29, 0.717) is 5.75 Å². The van der Waals surface area contributed by atoms with E-state index in [1.807, 2.05) is 24.3 Å². The number of para-hydroxylation sites is 2. The number of rotatable bonds is 2. The summed E-state index contributed by atoms with van der Waals surface area (Å²) in [5.41, 5.74) is 1.22. The van der Waals surface area contributed by atoms with Crippen molar-refractivity contribution in [2.45, 2.75) is 6.92 Å². The maximum Gasteiger partial charge on any atom is 0.169 e. The summed E-state index contributed by atoms with van der Waals surface area (Å²) >= 11 is 0. The van der Waals surface area contributed by atoms with Gasteiger partial charge in [0.15, 0.2) is 11.5 Å². The molecule has 0 aliphatic rings. The second-order valence-corrected chi connectivity index (χ2v) is 4.55. The molecule has 0 aliphatic carbocycles. The summed E-state index contributed by atoms with van der Waals surface area (Å²) in [5, 5.41) is 11.9. The lowest BCUT2D eigenvalue weighted by molar-refractivity contribution is 0.413. The first kappa shape index (κ1) is 11.6. The Balaban J connectivity index is 2.09. The van der Waals surface area contributed by atoms with Crippen molar-refractivity contribution in [2.24, 2.45) is 0 Å². The topological polar surface area (TPSA) is 29.5 Å². The molecule has 0 saturated heterocycles. The van der Waals surface area contributed by atoms with Crippen LogP contribution in [0.1, 0.15) is 5.56 Å². The Morgan fingerprint density at radius 1 is 0.842 bits per heavy atom. The quantitative estimate of drug-likeness (QED) is 0.717. The number of aromatic hydroxyl groups is 1. The van der Waals surface area contributed by atoms with Gasteiger partial charge >= 0.3 is 0 Å². The summed E-state index contributed by atoms with van der Waals surface area (Å²) in [6, 6.07) is 19.1. The maximum absolute atomic E-state index is 9.76. The van der Waals surface area contributed by atoms with Crippen LogP contribution in [0.25, 0.3) is 10.8 Å². The van der Waals surface area contributed by atoms with Crippen LogP contribution >= 0.6 is 0 Å². The number of phenols is 1. The second kappa shape index (κ2) is 4.65. The first-order chi connectivity index (χ1) is 9.24. The van der Waals surface area contributed by atoms with Gasteiger partial charge in [-0.15, -0.1) is 0 Å². The van der Waals surface area contributed by atoms with E-state index in [2.05, 4.69) is 25.1 Å². The van der Waals surface area contributed by atoms with Crippen LogP contribution in [0.5, 0.6) is 17.2 Å². The fourth-order valence-electron chi connectivity index (χ4n) is 2.12. The van der Waals surface area contributed by atoms with Gasteiger partial charge in [0.25, 0.3) is 0 Å². The third-order valence-corrected chi connectivity index (χ3v) is 3.08. The Morgan fingerprint density at radius 3 is 2.47 bits per heavy atom. The molecule has 2 nitrogen and oxygen atoms in total. The van der Waals surface area contributed by atoms with E-state index in [1.165, 1.54) is 5.56 Å². The number of hydrogen-bond acceptors (Lipinski definition) is 2. The van der Waals surface area contributed by atoms with Gasteiger partial charge in [0.1, 0.15) is 5.75 Å². The normalized spacial score (nSPS) is 10.6. The van der Waals surface area contributed by atoms with E-state index in [1.54, 1.807) is 18.2 Å². The van der Waals surface area contributed by atoms with Crippen molar-refractivity contribution in [3.05, 3.63) is 66.2 Å². The summed E-state index contributed by atoms with van der Waals surface area (Å²) in [7, 11) is 0. The van der Waals surface area contributed by atoms with Crippen LogP contribution < -0.4 is 4.74 Å². The molecule has 0 fully saturated rings. The average molecular weight is 250 g/mol. The fourth-order valence-corrected chi connectivity index (χ4v) is 2.12. The number of phenolic OH excluding ortho intramolecular Hbond substituents is 1. The highest BCUT2D eigenvalue weighted by Gasteiger charge is 2.06. The van der Waals surface area contributed by atoms with Crippen molar-refractivity contribution in [3.8, 4) is 17.2 Å². The SMILES string of the molecule is Cc1ccc2c(Oc3ccccc3O)cccc2c1. The van der Waals surface area contributed by atoms with E-state index < -0.39 is 0 Å². The Labute approximate surface area is 111 Å². The number of aryl methyl sites for hydroxylation is 1. The largest absolute Gasteiger partial charge is 0.504 e. The fraction of sp³-hybridized carbons (Fsp3) is 0.0588. The molecular weight excluding hydrogens is 236 g/mol. The summed E-state index contributed by atoms with van der Waals surface area (Å²) in [5.74, 6) is 1.36. The zero-order valence-electron chi connectivity index (χ0n) is 10.6. The summed E-state index contributed by atoms with van der Waals surface area (Å²) in [6.07, 6.45) is 0. The Kier molecular flexibility index (Phi) is 2.84. The van der Waals surface area contributed by atoms with Gasteiger partial charge in [-0.05, 0) is 30.5 Å². The molecule has 3 aromatic rings. The summed E-state index contributed by atoms with van der Waals surface area (Å²) in [4.78, 5) is 0. The van der Waals surface area contributed by atoms with Crippen molar-refractivity contribution < 1.29 is 9.84 Å². The summed E-state index contributed by atoms with van der Waals surface area (Å²) < 4.78 is 5.81. The maximum atomic E-state index is 9.76. The Hall–Kier alpha value is -2.48. The molecular formula is C17H14O2. The zero-order valence-corrected chi connectivity index (χ0v) is 10.6. The van der Waals surface area contributed by atoms with Gasteiger partial charge in [0.2, 0.25) is 0 Å². The molecule has 2 heteroatoms. The van der Waals surface area contributed by atoms with Crippen molar-refractivity contribution >= 4 is 10.8 Å². The molecule has 0 aromatic heterocycles. The van der Waals surface area contributed by atoms with Gasteiger partial charge in [0, 0.05) is 5.39 Å². The van der Waals surface area contributed by atoms with Crippen molar-refractivity contribution in [1.29, 1.82) is 0 Å². The highest BCUT2D eigenvalue weighted by atomic mass is 16.5. The Bertz CT molecular complexity index is 732. The van der Waals surface area contributed by atoms with Crippen LogP contribution in [0.2, 0.25) is 0 Å². The van der Waals surface area contributed by atoms with Gasteiger partial charge in [-0.3, -0.25) is 0 Å². The average Bonchev–Trinajstić information content (AvgIpc) is 2.41. The van der Waals surface area contributed by atoms with Crippen LogP contribution in [0.15, 0.2) is 60.7 Å². The predicted molar refractivity (Wildman–Crippen MR) is 76.9 cm³/mol. The van der Waals surface area contributed by atoms with Crippen molar-refractivity contribution in [2.75, 3.05) is 0 Å². The Morgan fingerprint density at radius 2 is 1.63 bits per heavy atom.